The van der Waals surface area contributed by atoms with Crippen LogP contribution in [0.4, 0.5) is 0 Å². The van der Waals surface area contributed by atoms with E-state index in [9.17, 15) is 4.79 Å². The van der Waals surface area contributed by atoms with Gasteiger partial charge in [0, 0.05) is 24.8 Å². The van der Waals surface area contributed by atoms with E-state index in [-0.39, 0.29) is 11.8 Å². The van der Waals surface area contributed by atoms with Crippen LogP contribution in [0.1, 0.15) is 23.2 Å². The van der Waals surface area contributed by atoms with Gasteiger partial charge in [-0.3, -0.25) is 4.79 Å². The summed E-state index contributed by atoms with van der Waals surface area (Å²) >= 11 is 3.25. The number of carbonyl (C=O) groups is 1. The van der Waals surface area contributed by atoms with Gasteiger partial charge in [-0.15, -0.1) is 0 Å². The molecule has 0 radical (unpaired) electrons. The van der Waals surface area contributed by atoms with Crippen molar-refractivity contribution in [2.75, 3.05) is 13.1 Å². The van der Waals surface area contributed by atoms with Gasteiger partial charge in [-0.1, -0.05) is 0 Å². The van der Waals surface area contributed by atoms with Crippen molar-refractivity contribution in [3.8, 4) is 6.07 Å². The Morgan fingerprint density at radius 3 is 3.18 bits per heavy atom. The molecule has 0 N–H and O–H groups in total. The van der Waals surface area contributed by atoms with Crippen LogP contribution in [0.5, 0.6) is 0 Å². The van der Waals surface area contributed by atoms with Gasteiger partial charge >= 0.3 is 0 Å². The summed E-state index contributed by atoms with van der Waals surface area (Å²) in [7, 11) is 0. The van der Waals surface area contributed by atoms with E-state index in [1.165, 1.54) is 0 Å². The molecule has 1 amide bonds. The molecular weight excluding hydrogens is 282 g/mol. The third-order valence-electron chi connectivity index (χ3n) is 2.86. The van der Waals surface area contributed by atoms with E-state index < -0.39 is 0 Å². The minimum absolute atomic E-state index is 0.0203. The number of rotatable bonds is 1. The number of likely N-dealkylation sites (tertiary alicyclic amines) is 1. The fraction of sp³-hybridized carbons (Fsp3) is 0.417. The van der Waals surface area contributed by atoms with Crippen molar-refractivity contribution in [1.82, 2.24) is 9.88 Å². The first-order valence-corrected chi connectivity index (χ1v) is 6.30. The van der Waals surface area contributed by atoms with Gasteiger partial charge in [0.1, 0.15) is 4.60 Å². The van der Waals surface area contributed by atoms with Crippen LogP contribution in [-0.2, 0) is 0 Å². The first kappa shape index (κ1) is 12.1. The Balaban J connectivity index is 2.12. The molecule has 2 rings (SSSR count). The van der Waals surface area contributed by atoms with E-state index in [1.807, 2.05) is 0 Å². The average Bonchev–Trinajstić information content (AvgIpc) is 2.38. The van der Waals surface area contributed by atoms with Crippen molar-refractivity contribution in [2.45, 2.75) is 12.8 Å². The summed E-state index contributed by atoms with van der Waals surface area (Å²) in [6, 6.07) is 5.64. The zero-order chi connectivity index (χ0) is 12.3. The molecule has 1 unspecified atom stereocenters. The molecule has 2 heterocycles. The van der Waals surface area contributed by atoms with E-state index in [4.69, 9.17) is 5.26 Å². The smallest absolute Gasteiger partial charge is 0.254 e. The Morgan fingerprint density at radius 1 is 1.65 bits per heavy atom. The predicted octanol–water partition coefficient (Wildman–Crippen LogP) is 2.22. The average molecular weight is 294 g/mol. The van der Waals surface area contributed by atoms with E-state index >= 15 is 0 Å². The minimum Gasteiger partial charge on any atom is -0.337 e. The molecular formula is C12H12BrN3O. The molecule has 1 saturated heterocycles. The van der Waals surface area contributed by atoms with E-state index in [0.717, 1.165) is 19.4 Å². The van der Waals surface area contributed by atoms with Gasteiger partial charge in [0.25, 0.3) is 5.91 Å². The third kappa shape index (κ3) is 2.83. The lowest BCUT2D eigenvalue weighted by Crippen LogP contribution is -2.39. The highest BCUT2D eigenvalue weighted by molar-refractivity contribution is 9.10. The summed E-state index contributed by atoms with van der Waals surface area (Å²) in [5.41, 5.74) is 0.616. The molecule has 0 saturated carbocycles. The summed E-state index contributed by atoms with van der Waals surface area (Å²) in [5.74, 6) is -0.0500. The van der Waals surface area contributed by atoms with Crippen molar-refractivity contribution < 1.29 is 4.79 Å². The van der Waals surface area contributed by atoms with E-state index in [0.29, 0.717) is 16.7 Å². The summed E-state index contributed by atoms with van der Waals surface area (Å²) < 4.78 is 0.650. The highest BCUT2D eigenvalue weighted by Crippen LogP contribution is 2.18. The Bertz CT molecular complexity index is 469. The molecule has 1 aliphatic heterocycles. The van der Waals surface area contributed by atoms with Crippen molar-refractivity contribution in [2.24, 2.45) is 5.92 Å². The highest BCUT2D eigenvalue weighted by Gasteiger charge is 2.24. The second-order valence-electron chi connectivity index (χ2n) is 4.09. The summed E-state index contributed by atoms with van der Waals surface area (Å²) in [4.78, 5) is 17.9. The molecule has 88 valence electrons. The van der Waals surface area contributed by atoms with E-state index in [2.05, 4.69) is 27.0 Å². The van der Waals surface area contributed by atoms with Crippen LogP contribution in [-0.4, -0.2) is 28.9 Å². The van der Waals surface area contributed by atoms with Gasteiger partial charge in [0.15, 0.2) is 0 Å². The number of hydrogen-bond donors (Lipinski definition) is 0. The van der Waals surface area contributed by atoms with Gasteiger partial charge in [-0.25, -0.2) is 4.98 Å². The van der Waals surface area contributed by atoms with Crippen LogP contribution in [0.2, 0.25) is 0 Å². The molecule has 17 heavy (non-hydrogen) atoms. The second kappa shape index (κ2) is 5.28. The van der Waals surface area contributed by atoms with Crippen LogP contribution >= 0.6 is 15.9 Å². The van der Waals surface area contributed by atoms with Crippen LogP contribution in [0, 0.1) is 17.2 Å². The molecule has 1 atom stereocenters. The van der Waals surface area contributed by atoms with Crippen LogP contribution in [0.25, 0.3) is 0 Å². The van der Waals surface area contributed by atoms with E-state index in [1.54, 1.807) is 23.2 Å². The lowest BCUT2D eigenvalue weighted by atomic mass is 9.99. The molecule has 1 aromatic heterocycles. The molecule has 0 bridgehead atoms. The standard InChI is InChI=1S/C12H12BrN3O/c13-11-6-10(3-4-15-11)12(17)16-5-1-2-9(7-14)8-16/h3-4,6,9H,1-2,5,8H2. The lowest BCUT2D eigenvalue weighted by Gasteiger charge is -2.29. The quantitative estimate of drug-likeness (QED) is 0.746. The number of halogens is 1. The van der Waals surface area contributed by atoms with Crippen LogP contribution in [0.3, 0.4) is 0 Å². The van der Waals surface area contributed by atoms with Crippen molar-refractivity contribution in [3.05, 3.63) is 28.5 Å². The number of piperidine rings is 1. The fourth-order valence-corrected chi connectivity index (χ4v) is 2.35. The zero-order valence-electron chi connectivity index (χ0n) is 9.27. The molecule has 1 aliphatic rings. The number of nitriles is 1. The summed E-state index contributed by atoms with van der Waals surface area (Å²) in [5, 5.41) is 8.90. The Morgan fingerprint density at radius 2 is 2.47 bits per heavy atom. The van der Waals surface area contributed by atoms with Crippen LogP contribution < -0.4 is 0 Å². The van der Waals surface area contributed by atoms with Crippen molar-refractivity contribution in [1.29, 1.82) is 5.26 Å². The molecule has 0 spiro atoms. The Hall–Kier alpha value is -1.41. The first-order valence-electron chi connectivity index (χ1n) is 5.51. The van der Waals surface area contributed by atoms with Gasteiger partial charge in [-0.2, -0.15) is 5.26 Å². The van der Waals surface area contributed by atoms with Crippen molar-refractivity contribution >= 4 is 21.8 Å². The summed E-state index contributed by atoms with van der Waals surface area (Å²) in [6.07, 6.45) is 3.39. The molecule has 1 aromatic rings. The van der Waals surface area contributed by atoms with Gasteiger partial charge in [0.2, 0.25) is 0 Å². The molecule has 4 nitrogen and oxygen atoms in total. The predicted molar refractivity (Wildman–Crippen MR) is 66.2 cm³/mol. The number of amides is 1. The normalized spacial score (nSPS) is 19.8. The fourth-order valence-electron chi connectivity index (χ4n) is 1.99. The van der Waals surface area contributed by atoms with Gasteiger partial charge < -0.3 is 4.90 Å². The molecule has 5 heteroatoms. The van der Waals surface area contributed by atoms with Crippen LogP contribution in [0.15, 0.2) is 22.9 Å². The van der Waals surface area contributed by atoms with Gasteiger partial charge in [0.05, 0.1) is 12.0 Å². The maximum atomic E-state index is 12.2. The Kier molecular flexibility index (Phi) is 3.75. The lowest BCUT2D eigenvalue weighted by molar-refractivity contribution is 0.0698. The third-order valence-corrected chi connectivity index (χ3v) is 3.30. The first-order chi connectivity index (χ1) is 8.20. The molecule has 0 aromatic carbocycles. The molecule has 1 fully saturated rings. The van der Waals surface area contributed by atoms with Crippen molar-refractivity contribution in [3.63, 3.8) is 0 Å². The molecule has 0 aliphatic carbocycles. The Labute approximate surface area is 108 Å². The number of carbonyl (C=O) groups excluding carboxylic acids is 1. The minimum atomic E-state index is -0.0297. The number of pyridine rings is 1. The number of nitrogens with zero attached hydrogens (tertiary/aromatic N) is 3. The maximum Gasteiger partial charge on any atom is 0.254 e. The second-order valence-corrected chi connectivity index (χ2v) is 4.90. The monoisotopic (exact) mass is 293 g/mol. The summed E-state index contributed by atoms with van der Waals surface area (Å²) in [6.45, 7) is 1.27. The maximum absolute atomic E-state index is 12.2. The SMILES string of the molecule is N#CC1CCCN(C(=O)c2ccnc(Br)c2)C1. The largest absolute Gasteiger partial charge is 0.337 e. The van der Waals surface area contributed by atoms with Gasteiger partial charge in [-0.05, 0) is 40.9 Å². The topological polar surface area (TPSA) is 57.0 Å². The number of aromatic nitrogens is 1. The zero-order valence-corrected chi connectivity index (χ0v) is 10.9. The number of hydrogen-bond acceptors (Lipinski definition) is 3. The highest BCUT2D eigenvalue weighted by atomic mass is 79.9.